The van der Waals surface area contributed by atoms with Gasteiger partial charge in [0.2, 0.25) is 5.54 Å². The number of benzene rings is 2. The highest BCUT2D eigenvalue weighted by atomic mass is 16.5. The number of esters is 1. The highest BCUT2D eigenvalue weighted by Crippen LogP contribution is 2.44. The Morgan fingerprint density at radius 3 is 2.17 bits per heavy atom. The van der Waals surface area contributed by atoms with Gasteiger partial charge in [-0.2, -0.15) is 0 Å². The third-order valence-corrected chi connectivity index (χ3v) is 5.57. The van der Waals surface area contributed by atoms with E-state index in [2.05, 4.69) is 0 Å². The van der Waals surface area contributed by atoms with Crippen molar-refractivity contribution in [2.45, 2.75) is 24.3 Å². The summed E-state index contributed by atoms with van der Waals surface area (Å²) in [6, 6.07) is 15.8. The van der Waals surface area contributed by atoms with Crippen molar-refractivity contribution in [1.29, 1.82) is 5.41 Å². The Morgan fingerprint density at radius 1 is 1.13 bits per heavy atom. The second-order valence-corrected chi connectivity index (χ2v) is 7.51. The highest BCUT2D eigenvalue weighted by molar-refractivity contribution is 6.03. The number of guanidine groups is 1. The van der Waals surface area contributed by atoms with E-state index in [-0.39, 0.29) is 31.3 Å². The number of rotatable bonds is 8. The Labute approximate surface area is 174 Å². The number of aliphatic carboxylic acids is 1. The number of carbonyl (C=O) groups excluding carboxylic acids is 1. The molecule has 1 aliphatic rings. The number of carboxylic acids is 1. The second-order valence-electron chi connectivity index (χ2n) is 7.51. The van der Waals surface area contributed by atoms with Crippen LogP contribution in [0.1, 0.15) is 29.9 Å². The van der Waals surface area contributed by atoms with Gasteiger partial charge in [-0.15, -0.1) is 0 Å². The van der Waals surface area contributed by atoms with Gasteiger partial charge in [-0.05, 0) is 35.1 Å². The van der Waals surface area contributed by atoms with Crippen molar-refractivity contribution in [3.05, 3.63) is 59.7 Å². The molecule has 8 heteroatoms. The van der Waals surface area contributed by atoms with Crippen molar-refractivity contribution >= 4 is 17.9 Å². The van der Waals surface area contributed by atoms with E-state index in [4.69, 9.17) is 21.6 Å². The zero-order valence-electron chi connectivity index (χ0n) is 16.8. The number of ether oxygens (including phenoxy) is 1. The maximum Gasteiger partial charge on any atom is 0.337 e. The summed E-state index contributed by atoms with van der Waals surface area (Å²) >= 11 is 0. The molecule has 0 spiro atoms. The van der Waals surface area contributed by atoms with Gasteiger partial charge < -0.3 is 26.2 Å². The number of carbonyl (C=O) groups is 2. The summed E-state index contributed by atoms with van der Waals surface area (Å²) in [6.07, 6.45) is 0.139. The molecule has 0 amide bonds. The SMILES string of the molecule is CN(CCC[C@](N)(C(=O)O)C(=O)OCC1c2ccccc2-c2ccccc21)C(=N)N. The van der Waals surface area contributed by atoms with Crippen molar-refractivity contribution < 1.29 is 19.4 Å². The maximum atomic E-state index is 12.7. The fraction of sp³-hybridized carbons (Fsp3) is 0.318. The van der Waals surface area contributed by atoms with Crippen LogP contribution < -0.4 is 11.5 Å². The van der Waals surface area contributed by atoms with Crippen molar-refractivity contribution in [1.82, 2.24) is 4.90 Å². The van der Waals surface area contributed by atoms with Crippen LogP contribution in [-0.4, -0.2) is 53.6 Å². The van der Waals surface area contributed by atoms with Crippen LogP contribution in [0.2, 0.25) is 0 Å². The van der Waals surface area contributed by atoms with Gasteiger partial charge in [0, 0.05) is 19.5 Å². The van der Waals surface area contributed by atoms with Gasteiger partial charge in [0.1, 0.15) is 6.61 Å². The van der Waals surface area contributed by atoms with Crippen molar-refractivity contribution in [2.24, 2.45) is 11.5 Å². The number of fused-ring (bicyclic) bond motifs is 3. The van der Waals surface area contributed by atoms with E-state index >= 15 is 0 Å². The number of carboxylic acid groups (broad SMARTS) is 1. The van der Waals surface area contributed by atoms with Gasteiger partial charge in [0.15, 0.2) is 5.96 Å². The Kier molecular flexibility index (Phi) is 6.07. The average Bonchev–Trinajstić information content (AvgIpc) is 3.05. The number of hydrogen-bond acceptors (Lipinski definition) is 5. The minimum atomic E-state index is -2.16. The first kappa shape index (κ1) is 21.3. The highest BCUT2D eigenvalue weighted by Gasteiger charge is 2.44. The fourth-order valence-electron chi connectivity index (χ4n) is 3.74. The van der Waals surface area contributed by atoms with E-state index in [0.29, 0.717) is 6.54 Å². The van der Waals surface area contributed by atoms with E-state index in [0.717, 1.165) is 22.3 Å². The molecular weight excluding hydrogens is 384 g/mol. The molecule has 1 atom stereocenters. The molecular formula is C22H26N4O4. The monoisotopic (exact) mass is 410 g/mol. The van der Waals surface area contributed by atoms with E-state index in [1.54, 1.807) is 7.05 Å². The van der Waals surface area contributed by atoms with Crippen LogP contribution in [0.15, 0.2) is 48.5 Å². The Bertz CT molecular complexity index is 932. The molecule has 30 heavy (non-hydrogen) atoms. The predicted octanol–water partition coefficient (Wildman–Crippen LogP) is 1.73. The molecule has 0 bridgehead atoms. The van der Waals surface area contributed by atoms with E-state index < -0.39 is 17.5 Å². The van der Waals surface area contributed by atoms with E-state index in [9.17, 15) is 14.7 Å². The normalized spacial score (nSPS) is 14.3. The van der Waals surface area contributed by atoms with Gasteiger partial charge >= 0.3 is 11.9 Å². The summed E-state index contributed by atoms with van der Waals surface area (Å²) in [7, 11) is 1.61. The van der Waals surface area contributed by atoms with Gasteiger partial charge in [0.25, 0.3) is 0 Å². The number of nitrogens with zero attached hydrogens (tertiary/aromatic N) is 1. The zero-order chi connectivity index (χ0) is 21.9. The molecule has 0 saturated heterocycles. The summed E-state index contributed by atoms with van der Waals surface area (Å²) in [6.45, 7) is 0.310. The lowest BCUT2D eigenvalue weighted by Gasteiger charge is -2.25. The molecule has 3 rings (SSSR count). The molecule has 158 valence electrons. The summed E-state index contributed by atoms with van der Waals surface area (Å²) in [4.78, 5) is 25.9. The Hall–Kier alpha value is -3.39. The van der Waals surface area contributed by atoms with Gasteiger partial charge in [0.05, 0.1) is 0 Å². The molecule has 6 N–H and O–H groups in total. The van der Waals surface area contributed by atoms with Crippen LogP contribution in [0.3, 0.4) is 0 Å². The lowest BCUT2D eigenvalue weighted by Crippen LogP contribution is -2.56. The molecule has 0 unspecified atom stereocenters. The predicted molar refractivity (Wildman–Crippen MR) is 113 cm³/mol. The number of nitrogens with two attached hydrogens (primary N) is 2. The average molecular weight is 410 g/mol. The third kappa shape index (κ3) is 3.99. The largest absolute Gasteiger partial charge is 0.479 e. The molecule has 2 aromatic rings. The first-order valence-corrected chi connectivity index (χ1v) is 9.68. The maximum absolute atomic E-state index is 12.7. The molecule has 1 aliphatic carbocycles. The summed E-state index contributed by atoms with van der Waals surface area (Å²) in [5, 5.41) is 16.9. The molecule has 0 aliphatic heterocycles. The summed E-state index contributed by atoms with van der Waals surface area (Å²) in [5.74, 6) is -2.73. The fourth-order valence-corrected chi connectivity index (χ4v) is 3.74. The van der Waals surface area contributed by atoms with Crippen molar-refractivity contribution in [2.75, 3.05) is 20.2 Å². The minimum absolute atomic E-state index is 0.00639. The molecule has 8 nitrogen and oxygen atoms in total. The van der Waals surface area contributed by atoms with Gasteiger partial charge in [-0.25, -0.2) is 9.59 Å². The molecule has 0 heterocycles. The number of nitrogens with one attached hydrogen (secondary N) is 1. The summed E-state index contributed by atoms with van der Waals surface area (Å²) in [5.41, 5.74) is 13.4. The molecule has 0 radical (unpaired) electrons. The lowest BCUT2D eigenvalue weighted by molar-refractivity contribution is -0.161. The number of hydrogen-bond donors (Lipinski definition) is 4. The van der Waals surface area contributed by atoms with Gasteiger partial charge in [-0.3, -0.25) is 5.41 Å². The molecule has 2 aromatic carbocycles. The molecule has 0 fully saturated rings. The van der Waals surface area contributed by atoms with Gasteiger partial charge in [-0.1, -0.05) is 48.5 Å². The Morgan fingerprint density at radius 2 is 1.67 bits per heavy atom. The smallest absolute Gasteiger partial charge is 0.337 e. The Balaban J connectivity index is 1.71. The third-order valence-electron chi connectivity index (χ3n) is 5.57. The lowest BCUT2D eigenvalue weighted by atomic mass is 9.94. The van der Waals surface area contributed by atoms with E-state index in [1.807, 2.05) is 48.5 Å². The van der Waals surface area contributed by atoms with Crippen LogP contribution in [0, 0.1) is 5.41 Å². The van der Waals surface area contributed by atoms with Crippen LogP contribution >= 0.6 is 0 Å². The first-order chi connectivity index (χ1) is 14.3. The zero-order valence-corrected chi connectivity index (χ0v) is 16.8. The minimum Gasteiger partial charge on any atom is -0.479 e. The first-order valence-electron chi connectivity index (χ1n) is 9.68. The topological polar surface area (TPSA) is 143 Å². The summed E-state index contributed by atoms with van der Waals surface area (Å²) < 4.78 is 5.45. The van der Waals surface area contributed by atoms with Crippen LogP contribution in [-0.2, 0) is 14.3 Å². The van der Waals surface area contributed by atoms with Crippen molar-refractivity contribution in [3.8, 4) is 11.1 Å². The van der Waals surface area contributed by atoms with Crippen LogP contribution in [0.25, 0.3) is 11.1 Å². The molecule has 0 aromatic heterocycles. The molecule has 0 saturated carbocycles. The van der Waals surface area contributed by atoms with Crippen LogP contribution in [0.5, 0.6) is 0 Å². The standard InChI is InChI=1S/C22H26N4O4/c1-26(21(23)24)12-6-11-22(25,19(27)28)20(29)30-13-18-16-9-4-2-7-14(16)15-8-3-5-10-17(15)18/h2-5,7-10,18H,6,11-13,25H2,1H3,(H3,23,24)(H,27,28)/t22-/m0/s1. The quantitative estimate of drug-likeness (QED) is 0.225. The second kappa shape index (κ2) is 8.54. The van der Waals surface area contributed by atoms with Crippen LogP contribution in [0.4, 0.5) is 0 Å². The van der Waals surface area contributed by atoms with Crippen molar-refractivity contribution in [3.63, 3.8) is 0 Å². The van der Waals surface area contributed by atoms with E-state index in [1.165, 1.54) is 4.90 Å².